The molecule has 4 aromatic carbocycles. The summed E-state index contributed by atoms with van der Waals surface area (Å²) in [5, 5.41) is 0. The van der Waals surface area contributed by atoms with Gasteiger partial charge in [-0.05, 0) is 73.9 Å². The van der Waals surface area contributed by atoms with E-state index in [-0.39, 0.29) is 0 Å². The molecule has 12 nitrogen and oxygen atoms in total. The van der Waals surface area contributed by atoms with Gasteiger partial charge in [-0.25, -0.2) is 44.9 Å². The Labute approximate surface area is 308 Å². The first-order chi connectivity index (χ1) is 26.5. The molecule has 0 unspecified atom stereocenters. The number of imidazole rings is 3. The molecule has 0 radical (unpaired) electrons. The third kappa shape index (κ3) is 4.95. The van der Waals surface area contributed by atoms with Crippen molar-refractivity contribution >= 4 is 33.9 Å². The van der Waals surface area contributed by atoms with E-state index in [1.54, 1.807) is 37.2 Å². The van der Waals surface area contributed by atoms with Gasteiger partial charge in [-0.15, -0.1) is 0 Å². The van der Waals surface area contributed by atoms with Crippen molar-refractivity contribution in [2.45, 2.75) is 20.8 Å². The minimum absolute atomic E-state index is 0.531. The zero-order valence-electron chi connectivity index (χ0n) is 29.5. The number of aryl methyl sites for hydroxylation is 3. The summed E-state index contributed by atoms with van der Waals surface area (Å²) in [6, 6.07) is 30.9. The summed E-state index contributed by atoms with van der Waals surface area (Å²) in [6.45, 7) is 6.24. The summed E-state index contributed by atoms with van der Waals surface area (Å²) in [7, 11) is 0. The fourth-order valence-electron chi connectivity index (χ4n) is 7.16. The van der Waals surface area contributed by atoms with Gasteiger partial charge >= 0.3 is 0 Å². The van der Waals surface area contributed by atoms with E-state index < -0.39 is 0 Å². The molecule has 0 spiro atoms. The zero-order valence-corrected chi connectivity index (χ0v) is 29.5. The molecular weight excluding hydrogens is 673 g/mol. The molecule has 0 N–H and O–H groups in total. The predicted molar refractivity (Wildman–Crippen MR) is 208 cm³/mol. The Hall–Kier alpha value is -7.47. The van der Waals surface area contributed by atoms with Gasteiger partial charge in [0.1, 0.15) is 17.5 Å². The molecule has 0 aliphatic carbocycles. The van der Waals surface area contributed by atoms with Crippen molar-refractivity contribution in [3.8, 4) is 51.2 Å². The third-order valence-electron chi connectivity index (χ3n) is 9.66. The van der Waals surface area contributed by atoms with Crippen LogP contribution in [0.3, 0.4) is 0 Å². The summed E-state index contributed by atoms with van der Waals surface area (Å²) >= 11 is 0. The van der Waals surface area contributed by atoms with E-state index in [1.807, 2.05) is 36.4 Å². The standard InChI is InChI=1S/C42H30N12/c1-25-10-4-7-13-31(25)52-37(49-34-40(52)46-19-16-43-34)28-22-29(38-50-35-41(47-20-17-44-35)53(38)32-14-8-5-11-26(32)2)24-30(23-28)39-51-36-42(48-21-18-45-36)54(39)33-15-9-6-12-27(33)3/h4-24H,1-3H3. The number of hydrogen-bond acceptors (Lipinski definition) is 9. The van der Waals surface area contributed by atoms with Crippen molar-refractivity contribution in [2.75, 3.05) is 0 Å². The molecular formula is C42H30N12. The molecule has 258 valence electrons. The third-order valence-corrected chi connectivity index (χ3v) is 9.66. The molecule has 0 bridgehead atoms. The fourth-order valence-corrected chi connectivity index (χ4v) is 7.16. The van der Waals surface area contributed by atoms with Crippen LogP contribution in [0.5, 0.6) is 0 Å². The van der Waals surface area contributed by atoms with Crippen LogP contribution < -0.4 is 0 Å². The van der Waals surface area contributed by atoms with E-state index in [2.05, 4.69) is 104 Å². The molecule has 0 saturated carbocycles. The second kappa shape index (κ2) is 12.3. The number of rotatable bonds is 6. The van der Waals surface area contributed by atoms with Crippen LogP contribution >= 0.6 is 0 Å². The lowest BCUT2D eigenvalue weighted by atomic mass is 10.0. The second-order valence-corrected chi connectivity index (χ2v) is 13.1. The fraction of sp³-hybridized carbons (Fsp3) is 0.0714. The maximum atomic E-state index is 5.13. The van der Waals surface area contributed by atoms with Gasteiger partial charge in [0, 0.05) is 53.9 Å². The highest BCUT2D eigenvalue weighted by atomic mass is 15.2. The molecule has 10 aromatic rings. The Kier molecular flexibility index (Phi) is 7.15. The van der Waals surface area contributed by atoms with Crippen LogP contribution in [0.4, 0.5) is 0 Å². The number of hydrogen-bond donors (Lipinski definition) is 0. The van der Waals surface area contributed by atoms with Gasteiger partial charge in [-0.1, -0.05) is 54.6 Å². The summed E-state index contributed by atoms with van der Waals surface area (Å²) in [5.41, 5.74) is 12.0. The maximum absolute atomic E-state index is 5.13. The number of nitrogens with zero attached hydrogens (tertiary/aromatic N) is 12. The van der Waals surface area contributed by atoms with Gasteiger partial charge in [0.2, 0.25) is 0 Å². The average Bonchev–Trinajstić information content (AvgIpc) is 3.91. The minimum Gasteiger partial charge on any atom is -0.275 e. The first kappa shape index (κ1) is 31.3. The lowest BCUT2D eigenvalue weighted by molar-refractivity contribution is 1.05. The van der Waals surface area contributed by atoms with Crippen molar-refractivity contribution < 1.29 is 0 Å². The maximum Gasteiger partial charge on any atom is 0.198 e. The highest BCUT2D eigenvalue weighted by molar-refractivity contribution is 5.86. The van der Waals surface area contributed by atoms with Crippen LogP contribution in [0.2, 0.25) is 0 Å². The average molecular weight is 703 g/mol. The van der Waals surface area contributed by atoms with Crippen LogP contribution in [-0.4, -0.2) is 58.6 Å². The molecule has 54 heavy (non-hydrogen) atoms. The number of benzene rings is 4. The number of aromatic nitrogens is 12. The molecule has 12 heteroatoms. The van der Waals surface area contributed by atoms with Crippen LogP contribution in [0, 0.1) is 20.8 Å². The van der Waals surface area contributed by atoms with Gasteiger partial charge in [-0.2, -0.15) is 0 Å². The Morgan fingerprint density at radius 1 is 0.352 bits per heavy atom. The van der Waals surface area contributed by atoms with Crippen molar-refractivity contribution in [3.63, 3.8) is 0 Å². The van der Waals surface area contributed by atoms with E-state index in [4.69, 9.17) is 29.9 Å². The lowest BCUT2D eigenvalue weighted by Crippen LogP contribution is -2.04. The first-order valence-electron chi connectivity index (χ1n) is 17.5. The Balaban J connectivity index is 1.33. The summed E-state index contributed by atoms with van der Waals surface area (Å²) < 4.78 is 6.21. The van der Waals surface area contributed by atoms with Gasteiger partial charge in [-0.3, -0.25) is 13.7 Å². The van der Waals surface area contributed by atoms with E-state index in [0.717, 1.165) is 50.4 Å². The highest BCUT2D eigenvalue weighted by Crippen LogP contribution is 2.38. The normalized spacial score (nSPS) is 11.6. The molecule has 6 heterocycles. The SMILES string of the molecule is Cc1ccccc1-n1c(-c2cc(-c3nc4nccnc4n3-c3ccccc3C)cc(-c3nc4nccnc4n3-c3ccccc3C)c2)nc2nccnc21. The monoisotopic (exact) mass is 702 g/mol. The van der Waals surface area contributed by atoms with Crippen LogP contribution in [-0.2, 0) is 0 Å². The van der Waals surface area contributed by atoms with Crippen LogP contribution in [0.15, 0.2) is 128 Å². The predicted octanol–water partition coefficient (Wildman–Crippen LogP) is 8.00. The Morgan fingerprint density at radius 3 is 0.926 bits per heavy atom. The van der Waals surface area contributed by atoms with E-state index in [0.29, 0.717) is 51.4 Å². The topological polar surface area (TPSA) is 131 Å². The van der Waals surface area contributed by atoms with Gasteiger partial charge < -0.3 is 0 Å². The smallest absolute Gasteiger partial charge is 0.198 e. The first-order valence-corrected chi connectivity index (χ1v) is 17.5. The largest absolute Gasteiger partial charge is 0.275 e. The minimum atomic E-state index is 0.531. The van der Waals surface area contributed by atoms with Crippen molar-refractivity contribution in [3.05, 3.63) is 145 Å². The summed E-state index contributed by atoms with van der Waals surface area (Å²) in [5.74, 6) is 2.00. The Morgan fingerprint density at radius 2 is 0.630 bits per heavy atom. The van der Waals surface area contributed by atoms with Gasteiger partial charge in [0.15, 0.2) is 33.9 Å². The molecule has 0 aliphatic rings. The Bertz CT molecular complexity index is 2720. The van der Waals surface area contributed by atoms with E-state index in [9.17, 15) is 0 Å². The molecule has 0 aliphatic heterocycles. The van der Waals surface area contributed by atoms with Crippen LogP contribution in [0.1, 0.15) is 16.7 Å². The molecule has 0 amide bonds. The molecule has 0 atom stereocenters. The molecule has 10 rings (SSSR count). The highest BCUT2D eigenvalue weighted by Gasteiger charge is 2.25. The molecule has 6 aromatic heterocycles. The summed E-state index contributed by atoms with van der Waals surface area (Å²) in [4.78, 5) is 43.6. The molecule has 0 saturated heterocycles. The molecule has 0 fully saturated rings. The lowest BCUT2D eigenvalue weighted by Gasteiger charge is -2.16. The quantitative estimate of drug-likeness (QED) is 0.169. The van der Waals surface area contributed by atoms with Crippen LogP contribution in [0.25, 0.3) is 85.1 Å². The van der Waals surface area contributed by atoms with Crippen molar-refractivity contribution in [1.82, 2.24) is 58.6 Å². The summed E-state index contributed by atoms with van der Waals surface area (Å²) in [6.07, 6.45) is 10.1. The van der Waals surface area contributed by atoms with Crippen molar-refractivity contribution in [2.24, 2.45) is 0 Å². The van der Waals surface area contributed by atoms with E-state index >= 15 is 0 Å². The van der Waals surface area contributed by atoms with Gasteiger partial charge in [0.05, 0.1) is 17.1 Å². The number of para-hydroxylation sites is 3. The number of fused-ring (bicyclic) bond motifs is 3. The van der Waals surface area contributed by atoms with Gasteiger partial charge in [0.25, 0.3) is 0 Å². The second-order valence-electron chi connectivity index (χ2n) is 13.1. The zero-order chi connectivity index (χ0) is 36.3. The van der Waals surface area contributed by atoms with Crippen molar-refractivity contribution in [1.29, 1.82) is 0 Å². The van der Waals surface area contributed by atoms with E-state index in [1.165, 1.54) is 0 Å².